The topological polar surface area (TPSA) is 72.5 Å². The Hall–Kier alpha value is -1.40. The van der Waals surface area contributed by atoms with Crippen molar-refractivity contribution in [3.8, 4) is 0 Å². The maximum absolute atomic E-state index is 12.5. The fourth-order valence-corrected chi connectivity index (χ4v) is 3.22. The van der Waals surface area contributed by atoms with Gasteiger partial charge < -0.3 is 14.9 Å². The highest BCUT2D eigenvalue weighted by Crippen LogP contribution is 2.39. The molecule has 2 fully saturated rings. The van der Waals surface area contributed by atoms with Gasteiger partial charge in [0.15, 0.2) is 0 Å². The summed E-state index contributed by atoms with van der Waals surface area (Å²) in [5.74, 6) is 0.487. The summed E-state index contributed by atoms with van der Waals surface area (Å²) in [6.45, 7) is 1.65. The van der Waals surface area contributed by atoms with Gasteiger partial charge in [0.1, 0.15) is 5.69 Å². The molecule has 1 amide bonds. The van der Waals surface area contributed by atoms with Crippen LogP contribution in [0.2, 0.25) is 0 Å². The summed E-state index contributed by atoms with van der Waals surface area (Å²) in [5.41, 5.74) is 0.734. The third-order valence-electron chi connectivity index (χ3n) is 4.29. The van der Waals surface area contributed by atoms with Gasteiger partial charge in [-0.05, 0) is 45.8 Å². The molecule has 1 saturated heterocycles. The van der Waals surface area contributed by atoms with Crippen LogP contribution in [0.5, 0.6) is 0 Å². The molecule has 1 aliphatic heterocycles. The lowest BCUT2D eigenvalue weighted by molar-refractivity contribution is -0.0392. The molecule has 1 atom stereocenters. The maximum atomic E-state index is 12.5. The Morgan fingerprint density at radius 2 is 2.33 bits per heavy atom. The zero-order chi connectivity index (χ0) is 15.0. The molecule has 0 unspecified atom stereocenters. The Balaban J connectivity index is 1.68. The van der Waals surface area contributed by atoms with E-state index in [0.29, 0.717) is 31.2 Å². The summed E-state index contributed by atoms with van der Waals surface area (Å²) in [7, 11) is 3.88. The van der Waals surface area contributed by atoms with Crippen LogP contribution in [0.3, 0.4) is 0 Å². The number of aliphatic hydroxyl groups is 1. The van der Waals surface area contributed by atoms with E-state index >= 15 is 0 Å². The second kappa shape index (κ2) is 5.42. The van der Waals surface area contributed by atoms with E-state index in [1.54, 1.807) is 4.90 Å². The normalized spacial score (nSPS) is 26.4. The number of hydrogen-bond acceptors (Lipinski definition) is 4. The van der Waals surface area contributed by atoms with Crippen molar-refractivity contribution in [2.75, 3.05) is 33.7 Å². The predicted octanol–water partition coefficient (Wildman–Crippen LogP) is 0.816. The first-order valence-electron chi connectivity index (χ1n) is 7.68. The molecule has 0 spiro atoms. The number of β-amino-alcohol motifs (C(OH)–C–C–N with tert-alkyl or cyclic N) is 1. The van der Waals surface area contributed by atoms with Crippen LogP contribution in [0.1, 0.15) is 47.8 Å². The van der Waals surface area contributed by atoms with Crippen molar-refractivity contribution in [3.05, 3.63) is 17.5 Å². The van der Waals surface area contributed by atoms with Crippen LogP contribution in [0.4, 0.5) is 0 Å². The van der Waals surface area contributed by atoms with Gasteiger partial charge in [0.25, 0.3) is 5.91 Å². The fourth-order valence-electron chi connectivity index (χ4n) is 3.22. The van der Waals surface area contributed by atoms with Crippen LogP contribution in [-0.2, 0) is 0 Å². The van der Waals surface area contributed by atoms with Crippen molar-refractivity contribution in [3.63, 3.8) is 0 Å². The SMILES string of the molecule is CN(C)C[C@]1(O)CCCN(C(=O)c2cc(C3CC3)[nH]n2)C1. The van der Waals surface area contributed by atoms with E-state index in [-0.39, 0.29) is 5.91 Å². The Kier molecular flexibility index (Phi) is 3.75. The number of nitrogens with one attached hydrogen (secondary N) is 1. The van der Waals surface area contributed by atoms with Crippen molar-refractivity contribution in [1.82, 2.24) is 20.0 Å². The minimum Gasteiger partial charge on any atom is -0.387 e. The van der Waals surface area contributed by atoms with E-state index in [4.69, 9.17) is 0 Å². The number of carbonyl (C=O) groups is 1. The highest BCUT2D eigenvalue weighted by Gasteiger charge is 2.36. The van der Waals surface area contributed by atoms with Crippen molar-refractivity contribution in [1.29, 1.82) is 0 Å². The number of carbonyl (C=O) groups excluding carboxylic acids is 1. The van der Waals surface area contributed by atoms with Gasteiger partial charge in [0.2, 0.25) is 0 Å². The molecule has 1 aromatic heterocycles. The molecule has 6 heteroatoms. The van der Waals surface area contributed by atoms with Gasteiger partial charge in [-0.1, -0.05) is 0 Å². The summed E-state index contributed by atoms with van der Waals surface area (Å²) >= 11 is 0. The number of aromatic nitrogens is 2. The number of nitrogens with zero attached hydrogens (tertiary/aromatic N) is 3. The van der Waals surface area contributed by atoms with Gasteiger partial charge in [0.05, 0.1) is 12.1 Å². The number of likely N-dealkylation sites (tertiary alicyclic amines) is 1. The van der Waals surface area contributed by atoms with Gasteiger partial charge in [0, 0.05) is 24.7 Å². The summed E-state index contributed by atoms with van der Waals surface area (Å²) in [5, 5.41) is 17.8. The zero-order valence-electron chi connectivity index (χ0n) is 12.8. The molecular weight excluding hydrogens is 268 g/mol. The number of H-pyrrole nitrogens is 1. The lowest BCUT2D eigenvalue weighted by Gasteiger charge is -2.40. The Morgan fingerprint density at radius 1 is 1.57 bits per heavy atom. The molecule has 2 aliphatic rings. The van der Waals surface area contributed by atoms with E-state index in [2.05, 4.69) is 10.2 Å². The smallest absolute Gasteiger partial charge is 0.274 e. The lowest BCUT2D eigenvalue weighted by atomic mass is 9.92. The number of rotatable bonds is 4. The molecule has 1 aliphatic carbocycles. The van der Waals surface area contributed by atoms with Crippen molar-refractivity contribution in [2.45, 2.75) is 37.2 Å². The highest BCUT2D eigenvalue weighted by atomic mass is 16.3. The van der Waals surface area contributed by atoms with Gasteiger partial charge in [-0.3, -0.25) is 9.89 Å². The van der Waals surface area contributed by atoms with Crippen molar-refractivity contribution >= 4 is 5.91 Å². The quantitative estimate of drug-likeness (QED) is 0.861. The second-order valence-corrected chi connectivity index (χ2v) is 6.78. The average molecular weight is 292 g/mol. The third kappa shape index (κ3) is 3.27. The number of piperidine rings is 1. The van der Waals surface area contributed by atoms with Gasteiger partial charge in [-0.2, -0.15) is 5.10 Å². The minimum atomic E-state index is -0.812. The molecule has 3 rings (SSSR count). The number of aromatic amines is 1. The average Bonchev–Trinajstić information content (AvgIpc) is 3.14. The second-order valence-electron chi connectivity index (χ2n) is 6.78. The molecule has 6 nitrogen and oxygen atoms in total. The molecule has 21 heavy (non-hydrogen) atoms. The van der Waals surface area contributed by atoms with E-state index in [1.807, 2.05) is 25.1 Å². The molecule has 0 aromatic carbocycles. The standard InChI is InChI=1S/C15H24N4O2/c1-18(2)9-15(21)6-3-7-19(10-15)14(20)13-8-12(16-17-13)11-4-5-11/h8,11,21H,3-7,9-10H2,1-2H3,(H,16,17)/t15-/m1/s1. The Labute approximate surface area is 125 Å². The van der Waals surface area contributed by atoms with Crippen LogP contribution < -0.4 is 0 Å². The number of hydrogen-bond donors (Lipinski definition) is 2. The first kappa shape index (κ1) is 14.5. The predicted molar refractivity (Wildman–Crippen MR) is 79.2 cm³/mol. The van der Waals surface area contributed by atoms with Gasteiger partial charge >= 0.3 is 0 Å². The zero-order valence-corrected chi connectivity index (χ0v) is 12.8. The highest BCUT2D eigenvalue weighted by molar-refractivity contribution is 5.92. The van der Waals surface area contributed by atoms with Crippen LogP contribution in [-0.4, -0.2) is 70.3 Å². The molecular formula is C15H24N4O2. The fraction of sp³-hybridized carbons (Fsp3) is 0.733. The molecule has 2 heterocycles. The molecule has 1 aromatic rings. The minimum absolute atomic E-state index is 0.0740. The number of amides is 1. The first-order valence-corrected chi connectivity index (χ1v) is 7.68. The summed E-state index contributed by atoms with van der Waals surface area (Å²) in [6.07, 6.45) is 3.93. The first-order chi connectivity index (χ1) is 9.97. The van der Waals surface area contributed by atoms with Crippen LogP contribution in [0.25, 0.3) is 0 Å². The van der Waals surface area contributed by atoms with E-state index in [1.165, 1.54) is 12.8 Å². The van der Waals surface area contributed by atoms with Gasteiger partial charge in [-0.15, -0.1) is 0 Å². The van der Waals surface area contributed by atoms with Crippen LogP contribution in [0, 0.1) is 0 Å². The summed E-state index contributed by atoms with van der Waals surface area (Å²) in [4.78, 5) is 16.3. The van der Waals surface area contributed by atoms with Gasteiger partial charge in [-0.25, -0.2) is 0 Å². The van der Waals surface area contributed by atoms with E-state index in [0.717, 1.165) is 18.5 Å². The summed E-state index contributed by atoms with van der Waals surface area (Å²) < 4.78 is 0. The summed E-state index contributed by atoms with van der Waals surface area (Å²) in [6, 6.07) is 1.87. The van der Waals surface area contributed by atoms with Crippen molar-refractivity contribution < 1.29 is 9.90 Å². The third-order valence-corrected chi connectivity index (χ3v) is 4.29. The number of likely N-dealkylation sites (N-methyl/N-ethyl adjacent to an activating group) is 1. The molecule has 0 radical (unpaired) electrons. The van der Waals surface area contributed by atoms with E-state index in [9.17, 15) is 9.90 Å². The molecule has 0 bridgehead atoms. The van der Waals surface area contributed by atoms with Crippen LogP contribution in [0.15, 0.2) is 6.07 Å². The molecule has 2 N–H and O–H groups in total. The van der Waals surface area contributed by atoms with Crippen LogP contribution >= 0.6 is 0 Å². The lowest BCUT2D eigenvalue weighted by Crippen LogP contribution is -2.54. The van der Waals surface area contributed by atoms with E-state index < -0.39 is 5.60 Å². The largest absolute Gasteiger partial charge is 0.387 e. The monoisotopic (exact) mass is 292 g/mol. The van der Waals surface area contributed by atoms with Crippen molar-refractivity contribution in [2.24, 2.45) is 0 Å². The molecule has 1 saturated carbocycles. The maximum Gasteiger partial charge on any atom is 0.274 e. The Morgan fingerprint density at radius 3 is 3.00 bits per heavy atom. The molecule has 116 valence electrons. The Bertz CT molecular complexity index is 523.